The van der Waals surface area contributed by atoms with Crippen LogP contribution in [0.15, 0.2) is 22.7 Å². The van der Waals surface area contributed by atoms with E-state index in [9.17, 15) is 0 Å². The molecular weight excluding hydrogens is 332 g/mol. The van der Waals surface area contributed by atoms with Gasteiger partial charge in [0.2, 0.25) is 0 Å². The Morgan fingerprint density at radius 1 is 1.50 bits per heavy atom. The normalized spacial score (nSPS) is 21.0. The van der Waals surface area contributed by atoms with E-state index in [1.807, 2.05) is 0 Å². The van der Waals surface area contributed by atoms with Gasteiger partial charge in [-0.25, -0.2) is 0 Å². The molecule has 0 radical (unpaired) electrons. The molecule has 0 spiro atoms. The predicted octanol–water partition coefficient (Wildman–Crippen LogP) is 4.45. The summed E-state index contributed by atoms with van der Waals surface area (Å²) in [5, 5.41) is 3.55. The zero-order chi connectivity index (χ0) is 14.5. The Kier molecular flexibility index (Phi) is 6.24. The lowest BCUT2D eigenvalue weighted by atomic mass is 10.1. The van der Waals surface area contributed by atoms with E-state index < -0.39 is 0 Å². The quantitative estimate of drug-likeness (QED) is 0.838. The Bertz CT molecular complexity index is 438. The van der Waals surface area contributed by atoms with E-state index in [1.54, 1.807) is 0 Å². The van der Waals surface area contributed by atoms with E-state index in [1.165, 1.54) is 33.7 Å². The summed E-state index contributed by atoms with van der Waals surface area (Å²) in [7, 11) is 0. The number of rotatable bonds is 5. The highest BCUT2D eigenvalue weighted by molar-refractivity contribution is 9.10. The van der Waals surface area contributed by atoms with Gasteiger partial charge in [-0.2, -0.15) is 11.8 Å². The molecule has 1 aromatic rings. The summed E-state index contributed by atoms with van der Waals surface area (Å²) in [6, 6.07) is 7.84. The fourth-order valence-corrected chi connectivity index (χ4v) is 4.23. The van der Waals surface area contributed by atoms with Gasteiger partial charge in [-0.1, -0.05) is 13.0 Å². The van der Waals surface area contributed by atoms with Crippen molar-refractivity contribution in [3.8, 4) is 0 Å². The minimum Gasteiger partial charge on any atom is -0.366 e. The van der Waals surface area contributed by atoms with Gasteiger partial charge in [-0.05, 0) is 60.4 Å². The largest absolute Gasteiger partial charge is 0.366 e. The molecule has 2 rings (SSSR count). The Labute approximate surface area is 135 Å². The number of halogens is 1. The maximum absolute atomic E-state index is 3.77. The molecule has 0 amide bonds. The fourth-order valence-electron chi connectivity index (χ4n) is 2.59. The number of thioether (sulfide) groups is 1. The lowest BCUT2D eigenvalue weighted by Gasteiger charge is -2.36. The average molecular weight is 357 g/mol. The van der Waals surface area contributed by atoms with E-state index in [-0.39, 0.29) is 0 Å². The molecule has 1 aromatic carbocycles. The summed E-state index contributed by atoms with van der Waals surface area (Å²) in [6.45, 7) is 8.97. The highest BCUT2D eigenvalue weighted by Crippen LogP contribution is 2.32. The molecule has 2 atom stereocenters. The molecule has 0 bridgehead atoms. The van der Waals surface area contributed by atoms with Gasteiger partial charge in [-0.15, -0.1) is 0 Å². The maximum atomic E-state index is 3.77. The molecule has 20 heavy (non-hydrogen) atoms. The molecule has 4 heteroatoms. The van der Waals surface area contributed by atoms with Crippen molar-refractivity contribution in [1.29, 1.82) is 0 Å². The highest BCUT2D eigenvalue weighted by atomic mass is 79.9. The smallest absolute Gasteiger partial charge is 0.0513 e. The van der Waals surface area contributed by atoms with Gasteiger partial charge in [0.05, 0.1) is 5.69 Å². The van der Waals surface area contributed by atoms with Crippen molar-refractivity contribution >= 4 is 33.4 Å². The number of benzene rings is 1. The second kappa shape index (κ2) is 7.71. The van der Waals surface area contributed by atoms with Crippen molar-refractivity contribution < 1.29 is 0 Å². The van der Waals surface area contributed by atoms with Gasteiger partial charge >= 0.3 is 0 Å². The van der Waals surface area contributed by atoms with Crippen LogP contribution in [-0.4, -0.2) is 30.6 Å². The molecule has 0 aromatic heterocycles. The van der Waals surface area contributed by atoms with E-state index in [0.717, 1.165) is 13.1 Å². The van der Waals surface area contributed by atoms with Gasteiger partial charge in [-0.3, -0.25) is 0 Å². The van der Waals surface area contributed by atoms with Crippen LogP contribution in [0.5, 0.6) is 0 Å². The minimum atomic E-state index is 0.412. The number of nitrogens with one attached hydrogen (secondary N) is 1. The Morgan fingerprint density at radius 3 is 2.95 bits per heavy atom. The van der Waals surface area contributed by atoms with Crippen LogP contribution in [-0.2, 0) is 0 Å². The first-order valence-electron chi connectivity index (χ1n) is 7.50. The summed E-state index contributed by atoms with van der Waals surface area (Å²) in [6.07, 6.45) is 1.17. The second-order valence-corrected chi connectivity index (χ2v) is 7.51. The molecule has 0 saturated carbocycles. The fraction of sp³-hybridized carbons (Fsp3) is 0.625. The number of nitrogens with zero attached hydrogens (tertiary/aromatic N) is 1. The molecule has 1 aliphatic heterocycles. The third-order valence-corrected chi connectivity index (χ3v) is 5.67. The van der Waals surface area contributed by atoms with Crippen molar-refractivity contribution in [3.63, 3.8) is 0 Å². The standard InChI is InChI=1S/C16H25BrN2S/c1-4-7-18-13(3)14-5-6-16(15(17)10-14)19-8-9-20-11-12(19)2/h5-6,10,12-13,18H,4,7-9,11H2,1-3H3. The van der Waals surface area contributed by atoms with Crippen molar-refractivity contribution in [2.45, 2.75) is 39.3 Å². The van der Waals surface area contributed by atoms with Crippen LogP contribution in [0.4, 0.5) is 5.69 Å². The molecule has 1 saturated heterocycles. The van der Waals surface area contributed by atoms with Crippen LogP contribution in [0, 0.1) is 0 Å². The van der Waals surface area contributed by atoms with Crippen molar-refractivity contribution in [2.75, 3.05) is 29.5 Å². The third kappa shape index (κ3) is 3.92. The molecule has 1 N–H and O–H groups in total. The van der Waals surface area contributed by atoms with E-state index in [2.05, 4.69) is 76.9 Å². The van der Waals surface area contributed by atoms with Crippen molar-refractivity contribution in [3.05, 3.63) is 28.2 Å². The minimum absolute atomic E-state index is 0.412. The van der Waals surface area contributed by atoms with Crippen LogP contribution in [0.1, 0.15) is 38.8 Å². The molecular formula is C16H25BrN2S. The molecule has 112 valence electrons. The Hall–Kier alpha value is -0.190. The van der Waals surface area contributed by atoms with Crippen molar-refractivity contribution in [2.24, 2.45) is 0 Å². The first kappa shape index (κ1) is 16.2. The van der Waals surface area contributed by atoms with Crippen LogP contribution in [0.3, 0.4) is 0 Å². The topological polar surface area (TPSA) is 15.3 Å². The van der Waals surface area contributed by atoms with Gasteiger partial charge < -0.3 is 10.2 Å². The second-order valence-electron chi connectivity index (χ2n) is 5.50. The summed E-state index contributed by atoms with van der Waals surface area (Å²) in [4.78, 5) is 2.52. The van der Waals surface area contributed by atoms with Crippen LogP contribution in [0.25, 0.3) is 0 Å². The van der Waals surface area contributed by atoms with E-state index >= 15 is 0 Å². The average Bonchev–Trinajstić information content (AvgIpc) is 2.45. The van der Waals surface area contributed by atoms with Crippen LogP contribution >= 0.6 is 27.7 Å². The number of anilines is 1. The van der Waals surface area contributed by atoms with E-state index in [4.69, 9.17) is 0 Å². The first-order chi connectivity index (χ1) is 9.63. The molecule has 1 fully saturated rings. The molecule has 0 aliphatic carbocycles. The SMILES string of the molecule is CCCNC(C)c1ccc(N2CCSCC2C)c(Br)c1. The lowest BCUT2D eigenvalue weighted by molar-refractivity contribution is 0.570. The monoisotopic (exact) mass is 356 g/mol. The van der Waals surface area contributed by atoms with Gasteiger partial charge in [0, 0.05) is 34.6 Å². The highest BCUT2D eigenvalue weighted by Gasteiger charge is 2.21. The summed E-state index contributed by atoms with van der Waals surface area (Å²) in [5.41, 5.74) is 2.69. The molecule has 1 heterocycles. The lowest BCUT2D eigenvalue weighted by Crippen LogP contribution is -2.40. The van der Waals surface area contributed by atoms with Gasteiger partial charge in [0.1, 0.15) is 0 Å². The molecule has 2 unspecified atom stereocenters. The predicted molar refractivity (Wildman–Crippen MR) is 95.0 cm³/mol. The zero-order valence-electron chi connectivity index (χ0n) is 12.7. The van der Waals surface area contributed by atoms with Gasteiger partial charge in [0.15, 0.2) is 0 Å². The summed E-state index contributed by atoms with van der Waals surface area (Å²) >= 11 is 5.83. The third-order valence-electron chi connectivity index (χ3n) is 3.85. The number of hydrogen-bond donors (Lipinski definition) is 1. The molecule has 2 nitrogen and oxygen atoms in total. The molecule has 1 aliphatic rings. The summed E-state index contributed by atoms with van der Waals surface area (Å²) in [5.74, 6) is 2.45. The number of hydrogen-bond acceptors (Lipinski definition) is 3. The Morgan fingerprint density at radius 2 is 2.30 bits per heavy atom. The summed E-state index contributed by atoms with van der Waals surface area (Å²) < 4.78 is 1.22. The van der Waals surface area contributed by atoms with Crippen LogP contribution in [0.2, 0.25) is 0 Å². The van der Waals surface area contributed by atoms with Crippen molar-refractivity contribution in [1.82, 2.24) is 5.32 Å². The maximum Gasteiger partial charge on any atom is 0.0513 e. The van der Waals surface area contributed by atoms with E-state index in [0.29, 0.717) is 12.1 Å². The van der Waals surface area contributed by atoms with Crippen LogP contribution < -0.4 is 10.2 Å². The first-order valence-corrected chi connectivity index (χ1v) is 9.45. The van der Waals surface area contributed by atoms with Gasteiger partial charge in [0.25, 0.3) is 0 Å². The Balaban J connectivity index is 2.12. The zero-order valence-corrected chi connectivity index (χ0v) is 15.1.